The molecular formula is C19H19BrClFN2O4. The van der Waals surface area contributed by atoms with Crippen LogP contribution in [-0.2, 0) is 9.53 Å². The predicted molar refractivity (Wildman–Crippen MR) is 108 cm³/mol. The average Bonchev–Trinajstić information content (AvgIpc) is 2.64. The maximum absolute atomic E-state index is 13.1. The molecule has 2 aromatic rings. The van der Waals surface area contributed by atoms with Crippen molar-refractivity contribution in [3.8, 4) is 5.75 Å². The van der Waals surface area contributed by atoms with Gasteiger partial charge in [0.15, 0.2) is 6.10 Å². The second kappa shape index (κ2) is 10.4. The van der Waals surface area contributed by atoms with Crippen LogP contribution in [0.5, 0.6) is 5.75 Å². The number of carbonyl (C=O) groups excluding carboxylic acids is 2. The summed E-state index contributed by atoms with van der Waals surface area (Å²) < 4.78 is 24.0. The fraction of sp³-hybridized carbons (Fsp3) is 0.263. The molecule has 28 heavy (non-hydrogen) atoms. The van der Waals surface area contributed by atoms with Crippen molar-refractivity contribution >= 4 is 45.0 Å². The molecule has 0 aliphatic heterocycles. The van der Waals surface area contributed by atoms with Crippen LogP contribution >= 0.6 is 27.5 Å². The van der Waals surface area contributed by atoms with E-state index in [9.17, 15) is 14.0 Å². The number of hydrogen-bond donors (Lipinski definition) is 2. The molecule has 1 unspecified atom stereocenters. The van der Waals surface area contributed by atoms with E-state index in [-0.39, 0.29) is 16.5 Å². The number of hydrogen-bond acceptors (Lipinski definition) is 4. The Hall–Kier alpha value is -2.16. The molecule has 0 bridgehead atoms. The second-order valence-electron chi connectivity index (χ2n) is 5.77. The van der Waals surface area contributed by atoms with Crippen LogP contribution in [0.3, 0.4) is 0 Å². The quantitative estimate of drug-likeness (QED) is 0.568. The van der Waals surface area contributed by atoms with Gasteiger partial charge in [-0.15, -0.1) is 0 Å². The van der Waals surface area contributed by atoms with Crippen LogP contribution in [0.2, 0.25) is 5.02 Å². The Kier molecular flexibility index (Phi) is 8.22. The summed E-state index contributed by atoms with van der Waals surface area (Å²) in [5.41, 5.74) is 0.701. The molecule has 0 spiro atoms. The Morgan fingerprint density at radius 3 is 2.64 bits per heavy atom. The van der Waals surface area contributed by atoms with Gasteiger partial charge < -0.3 is 20.1 Å². The summed E-state index contributed by atoms with van der Waals surface area (Å²) in [7, 11) is 1.54. The van der Waals surface area contributed by atoms with Crippen molar-refractivity contribution in [2.24, 2.45) is 0 Å². The number of anilines is 1. The summed E-state index contributed by atoms with van der Waals surface area (Å²) in [6.07, 6.45) is -0.849. The van der Waals surface area contributed by atoms with Crippen LogP contribution in [0.15, 0.2) is 40.9 Å². The van der Waals surface area contributed by atoms with E-state index in [2.05, 4.69) is 26.6 Å². The molecule has 0 radical (unpaired) electrons. The SMILES string of the molecule is COCCNC(=O)c1ccc(NC(=O)C(C)Oc2ccc(F)cc2Br)cc1Cl. The zero-order chi connectivity index (χ0) is 20.7. The molecule has 6 nitrogen and oxygen atoms in total. The normalized spacial score (nSPS) is 11.6. The van der Waals surface area contributed by atoms with Gasteiger partial charge in [-0.2, -0.15) is 0 Å². The average molecular weight is 474 g/mol. The minimum atomic E-state index is -0.849. The predicted octanol–water partition coefficient (Wildman–Crippen LogP) is 4.02. The van der Waals surface area contributed by atoms with Gasteiger partial charge in [0.05, 0.1) is 21.7 Å². The summed E-state index contributed by atoms with van der Waals surface area (Å²) in [6.45, 7) is 2.31. The largest absolute Gasteiger partial charge is 0.480 e. The minimum Gasteiger partial charge on any atom is -0.480 e. The molecule has 0 saturated heterocycles. The van der Waals surface area contributed by atoms with Gasteiger partial charge in [-0.1, -0.05) is 11.6 Å². The zero-order valence-corrected chi connectivity index (χ0v) is 17.6. The lowest BCUT2D eigenvalue weighted by atomic mass is 10.2. The van der Waals surface area contributed by atoms with E-state index in [1.807, 2.05) is 0 Å². The lowest BCUT2D eigenvalue weighted by molar-refractivity contribution is -0.122. The van der Waals surface area contributed by atoms with Crippen molar-refractivity contribution in [2.45, 2.75) is 13.0 Å². The van der Waals surface area contributed by atoms with Crippen LogP contribution in [0.1, 0.15) is 17.3 Å². The molecule has 2 aromatic carbocycles. The van der Waals surface area contributed by atoms with Gasteiger partial charge >= 0.3 is 0 Å². The number of rotatable bonds is 8. The minimum absolute atomic E-state index is 0.197. The van der Waals surface area contributed by atoms with Gasteiger partial charge in [0, 0.05) is 19.3 Å². The zero-order valence-electron chi connectivity index (χ0n) is 15.2. The molecule has 0 aromatic heterocycles. The molecule has 0 saturated carbocycles. The highest BCUT2D eigenvalue weighted by atomic mass is 79.9. The van der Waals surface area contributed by atoms with Crippen molar-refractivity contribution in [1.82, 2.24) is 5.32 Å². The topological polar surface area (TPSA) is 76.7 Å². The smallest absolute Gasteiger partial charge is 0.265 e. The van der Waals surface area contributed by atoms with E-state index in [0.717, 1.165) is 0 Å². The van der Waals surface area contributed by atoms with Gasteiger partial charge in [0.2, 0.25) is 0 Å². The number of methoxy groups -OCH3 is 1. The maximum Gasteiger partial charge on any atom is 0.265 e. The first-order chi connectivity index (χ1) is 13.3. The third kappa shape index (κ3) is 6.19. The molecule has 9 heteroatoms. The van der Waals surface area contributed by atoms with Crippen LogP contribution in [0.4, 0.5) is 10.1 Å². The van der Waals surface area contributed by atoms with Gasteiger partial charge in [-0.3, -0.25) is 9.59 Å². The number of amides is 2. The van der Waals surface area contributed by atoms with E-state index in [4.69, 9.17) is 21.1 Å². The van der Waals surface area contributed by atoms with Crippen molar-refractivity contribution in [3.05, 3.63) is 57.3 Å². The highest BCUT2D eigenvalue weighted by molar-refractivity contribution is 9.10. The van der Waals surface area contributed by atoms with Crippen molar-refractivity contribution in [1.29, 1.82) is 0 Å². The molecule has 2 N–H and O–H groups in total. The van der Waals surface area contributed by atoms with E-state index < -0.39 is 17.8 Å². The number of halogens is 3. The molecule has 0 fully saturated rings. The standard InChI is InChI=1S/C19H19BrClFN2O4/c1-11(28-17-6-3-12(22)9-15(17)20)18(25)24-13-4-5-14(16(21)10-13)19(26)23-7-8-27-2/h3-6,9-11H,7-8H2,1-2H3,(H,23,26)(H,24,25). The monoisotopic (exact) mass is 472 g/mol. The summed E-state index contributed by atoms with van der Waals surface area (Å²) in [6, 6.07) is 8.47. The number of nitrogens with one attached hydrogen (secondary N) is 2. The molecule has 150 valence electrons. The van der Waals surface area contributed by atoms with Crippen molar-refractivity contribution in [2.75, 3.05) is 25.6 Å². The first-order valence-corrected chi connectivity index (χ1v) is 9.48. The fourth-order valence-corrected chi connectivity index (χ4v) is 2.91. The summed E-state index contributed by atoms with van der Waals surface area (Å²) >= 11 is 9.33. The van der Waals surface area contributed by atoms with Gasteiger partial charge in [0.25, 0.3) is 11.8 Å². The first-order valence-electron chi connectivity index (χ1n) is 8.31. The van der Waals surface area contributed by atoms with Crippen molar-refractivity contribution < 1.29 is 23.5 Å². The first kappa shape index (κ1) is 22.1. The molecule has 2 rings (SSSR count). The third-order valence-corrected chi connectivity index (χ3v) is 4.57. The van der Waals surface area contributed by atoms with E-state index >= 15 is 0 Å². The Bertz CT molecular complexity index is 866. The van der Waals surface area contributed by atoms with E-state index in [1.54, 1.807) is 13.0 Å². The van der Waals surface area contributed by atoms with Crippen LogP contribution in [0.25, 0.3) is 0 Å². The van der Waals surface area contributed by atoms with E-state index in [1.165, 1.54) is 37.4 Å². The Labute approximate surface area is 175 Å². The van der Waals surface area contributed by atoms with Crippen LogP contribution in [-0.4, -0.2) is 38.2 Å². The van der Waals surface area contributed by atoms with Crippen LogP contribution < -0.4 is 15.4 Å². The Balaban J connectivity index is 1.99. The summed E-state index contributed by atoms with van der Waals surface area (Å²) in [5, 5.41) is 5.53. The van der Waals surface area contributed by atoms with Gasteiger partial charge in [-0.25, -0.2) is 4.39 Å². The lowest BCUT2D eigenvalue weighted by Crippen LogP contribution is -2.30. The number of benzene rings is 2. The second-order valence-corrected chi connectivity index (χ2v) is 7.03. The molecule has 0 aliphatic carbocycles. The highest BCUT2D eigenvalue weighted by Crippen LogP contribution is 2.27. The van der Waals surface area contributed by atoms with Crippen LogP contribution in [0, 0.1) is 5.82 Å². The maximum atomic E-state index is 13.1. The Morgan fingerprint density at radius 2 is 2.00 bits per heavy atom. The number of ether oxygens (including phenoxy) is 2. The Morgan fingerprint density at radius 1 is 1.25 bits per heavy atom. The molecular weight excluding hydrogens is 455 g/mol. The molecule has 1 atom stereocenters. The van der Waals surface area contributed by atoms with Gasteiger partial charge in [0.1, 0.15) is 11.6 Å². The number of carbonyl (C=O) groups is 2. The molecule has 0 aliphatic rings. The van der Waals surface area contributed by atoms with Crippen molar-refractivity contribution in [3.63, 3.8) is 0 Å². The van der Waals surface area contributed by atoms with Gasteiger partial charge in [-0.05, 0) is 59.3 Å². The highest BCUT2D eigenvalue weighted by Gasteiger charge is 2.18. The fourth-order valence-electron chi connectivity index (χ4n) is 2.20. The lowest BCUT2D eigenvalue weighted by Gasteiger charge is -2.16. The molecule has 0 heterocycles. The summed E-state index contributed by atoms with van der Waals surface area (Å²) in [5.74, 6) is -0.843. The summed E-state index contributed by atoms with van der Waals surface area (Å²) in [4.78, 5) is 24.4. The van der Waals surface area contributed by atoms with E-state index in [0.29, 0.717) is 29.1 Å². The third-order valence-electron chi connectivity index (χ3n) is 3.64. The molecule has 2 amide bonds.